The number of rotatable bonds is 7. The third-order valence-electron chi connectivity index (χ3n) is 4.32. The van der Waals surface area contributed by atoms with E-state index in [1.807, 2.05) is 42.5 Å². The zero-order valence-corrected chi connectivity index (χ0v) is 14.6. The number of para-hydroxylation sites is 1. The quantitative estimate of drug-likeness (QED) is 0.473. The summed E-state index contributed by atoms with van der Waals surface area (Å²) in [5, 5.41) is 0. The highest BCUT2D eigenvalue weighted by Gasteiger charge is 2.12. The van der Waals surface area contributed by atoms with Crippen LogP contribution in [0.3, 0.4) is 0 Å². The zero-order valence-electron chi connectivity index (χ0n) is 14.6. The molecule has 0 bridgehead atoms. The standard InChI is InChI=1S/C23H23NO/c1-2-3-7-19-10-14-22(15-11-19)24(21-8-5-4-6-9-21)23-16-12-20(18-25)13-17-23/h4-6,8-18H,2-3,7H2,1H3. The molecule has 0 atom stereocenters. The molecule has 3 aromatic rings. The number of hydrogen-bond donors (Lipinski definition) is 0. The Hall–Kier alpha value is -2.87. The fourth-order valence-electron chi connectivity index (χ4n) is 2.92. The van der Waals surface area contributed by atoms with Gasteiger partial charge >= 0.3 is 0 Å². The fraction of sp³-hybridized carbons (Fsp3) is 0.174. The Morgan fingerprint density at radius 1 is 0.760 bits per heavy atom. The molecule has 0 unspecified atom stereocenters. The van der Waals surface area contributed by atoms with E-state index in [1.54, 1.807) is 0 Å². The summed E-state index contributed by atoms with van der Waals surface area (Å²) in [4.78, 5) is 13.1. The zero-order chi connectivity index (χ0) is 17.5. The van der Waals surface area contributed by atoms with Gasteiger partial charge in [-0.1, -0.05) is 43.7 Å². The Morgan fingerprint density at radius 3 is 1.88 bits per heavy atom. The van der Waals surface area contributed by atoms with Crippen LogP contribution in [0.1, 0.15) is 35.7 Å². The first-order valence-electron chi connectivity index (χ1n) is 8.81. The molecule has 2 heteroatoms. The summed E-state index contributed by atoms with van der Waals surface area (Å²) in [7, 11) is 0. The van der Waals surface area contributed by atoms with Gasteiger partial charge in [0.15, 0.2) is 0 Å². The van der Waals surface area contributed by atoms with Crippen LogP contribution in [0, 0.1) is 0 Å². The molecule has 0 N–H and O–H groups in total. The van der Waals surface area contributed by atoms with Crippen molar-refractivity contribution in [3.63, 3.8) is 0 Å². The average Bonchev–Trinajstić information content (AvgIpc) is 2.69. The fourth-order valence-corrected chi connectivity index (χ4v) is 2.92. The number of aryl methyl sites for hydroxylation is 1. The first-order chi connectivity index (χ1) is 12.3. The summed E-state index contributed by atoms with van der Waals surface area (Å²) in [6.45, 7) is 2.22. The highest BCUT2D eigenvalue weighted by Crippen LogP contribution is 2.34. The third-order valence-corrected chi connectivity index (χ3v) is 4.32. The third kappa shape index (κ3) is 4.16. The van der Waals surface area contributed by atoms with Crippen molar-refractivity contribution in [1.82, 2.24) is 0 Å². The monoisotopic (exact) mass is 329 g/mol. The van der Waals surface area contributed by atoms with Gasteiger partial charge < -0.3 is 4.90 Å². The molecule has 0 saturated heterocycles. The van der Waals surface area contributed by atoms with E-state index in [0.717, 1.165) is 29.8 Å². The molecule has 0 amide bonds. The minimum Gasteiger partial charge on any atom is -0.311 e. The van der Waals surface area contributed by atoms with E-state index in [2.05, 4.69) is 48.2 Å². The lowest BCUT2D eigenvalue weighted by Crippen LogP contribution is -2.09. The summed E-state index contributed by atoms with van der Waals surface area (Å²) in [6, 6.07) is 26.7. The summed E-state index contributed by atoms with van der Waals surface area (Å²) < 4.78 is 0. The van der Waals surface area contributed by atoms with Gasteiger partial charge in [-0.3, -0.25) is 4.79 Å². The minimum atomic E-state index is 0.687. The Bertz CT molecular complexity index is 792. The van der Waals surface area contributed by atoms with Crippen LogP contribution in [0.25, 0.3) is 0 Å². The topological polar surface area (TPSA) is 20.3 Å². The van der Waals surface area contributed by atoms with Crippen LogP contribution in [0.5, 0.6) is 0 Å². The lowest BCUT2D eigenvalue weighted by atomic mass is 10.1. The number of benzene rings is 3. The SMILES string of the molecule is CCCCc1ccc(N(c2ccccc2)c2ccc(C=O)cc2)cc1. The highest BCUT2D eigenvalue weighted by atomic mass is 16.1. The van der Waals surface area contributed by atoms with Gasteiger partial charge in [-0.15, -0.1) is 0 Å². The van der Waals surface area contributed by atoms with Gasteiger partial charge in [0.05, 0.1) is 0 Å². The van der Waals surface area contributed by atoms with E-state index in [9.17, 15) is 4.79 Å². The molecule has 2 nitrogen and oxygen atoms in total. The predicted molar refractivity (Wildman–Crippen MR) is 105 cm³/mol. The van der Waals surface area contributed by atoms with E-state index < -0.39 is 0 Å². The highest BCUT2D eigenvalue weighted by molar-refractivity contribution is 5.80. The van der Waals surface area contributed by atoms with Gasteiger partial charge in [-0.25, -0.2) is 0 Å². The van der Waals surface area contributed by atoms with Crippen LogP contribution >= 0.6 is 0 Å². The second-order valence-electron chi connectivity index (χ2n) is 6.15. The van der Waals surface area contributed by atoms with Crippen molar-refractivity contribution in [1.29, 1.82) is 0 Å². The maximum absolute atomic E-state index is 10.9. The molecule has 0 aromatic heterocycles. The molecular weight excluding hydrogens is 306 g/mol. The molecule has 3 aromatic carbocycles. The molecule has 0 aliphatic carbocycles. The van der Waals surface area contributed by atoms with Crippen LogP contribution in [0.15, 0.2) is 78.9 Å². The molecule has 3 rings (SSSR count). The Labute approximate surface area is 149 Å². The molecule has 126 valence electrons. The maximum Gasteiger partial charge on any atom is 0.150 e. The van der Waals surface area contributed by atoms with E-state index in [-0.39, 0.29) is 0 Å². The van der Waals surface area contributed by atoms with Crippen molar-refractivity contribution in [3.05, 3.63) is 90.0 Å². The molecule has 0 heterocycles. The molecule has 0 spiro atoms. The van der Waals surface area contributed by atoms with Gasteiger partial charge in [0.2, 0.25) is 0 Å². The van der Waals surface area contributed by atoms with Gasteiger partial charge in [0.25, 0.3) is 0 Å². The van der Waals surface area contributed by atoms with Gasteiger partial charge in [0, 0.05) is 22.6 Å². The van der Waals surface area contributed by atoms with Crippen molar-refractivity contribution in [3.8, 4) is 0 Å². The van der Waals surface area contributed by atoms with Crippen LogP contribution in [-0.4, -0.2) is 6.29 Å². The van der Waals surface area contributed by atoms with Gasteiger partial charge in [0.1, 0.15) is 6.29 Å². The van der Waals surface area contributed by atoms with E-state index in [4.69, 9.17) is 0 Å². The first kappa shape index (κ1) is 17.0. The molecule has 0 radical (unpaired) electrons. The number of unbranched alkanes of at least 4 members (excludes halogenated alkanes) is 1. The van der Waals surface area contributed by atoms with Crippen molar-refractivity contribution in [2.24, 2.45) is 0 Å². The summed E-state index contributed by atoms with van der Waals surface area (Å²) in [6.07, 6.45) is 4.42. The average molecular weight is 329 g/mol. The molecule has 25 heavy (non-hydrogen) atoms. The molecule has 0 aliphatic rings. The molecule has 0 saturated carbocycles. The number of aldehydes is 1. The largest absolute Gasteiger partial charge is 0.311 e. The van der Waals surface area contributed by atoms with Crippen LogP contribution in [0.4, 0.5) is 17.1 Å². The summed E-state index contributed by atoms with van der Waals surface area (Å²) in [5.74, 6) is 0. The van der Waals surface area contributed by atoms with Crippen LogP contribution in [-0.2, 0) is 6.42 Å². The number of nitrogens with zero attached hydrogens (tertiary/aromatic N) is 1. The molecule has 0 aliphatic heterocycles. The number of hydrogen-bond acceptors (Lipinski definition) is 2. The number of anilines is 3. The van der Waals surface area contributed by atoms with Crippen molar-refractivity contribution >= 4 is 23.3 Å². The lowest BCUT2D eigenvalue weighted by Gasteiger charge is -2.25. The second kappa shape index (κ2) is 8.29. The van der Waals surface area contributed by atoms with Crippen LogP contribution < -0.4 is 4.90 Å². The van der Waals surface area contributed by atoms with Crippen molar-refractivity contribution in [2.45, 2.75) is 26.2 Å². The Kier molecular flexibility index (Phi) is 5.63. The normalized spacial score (nSPS) is 10.4. The van der Waals surface area contributed by atoms with Gasteiger partial charge in [-0.05, 0) is 66.9 Å². The van der Waals surface area contributed by atoms with Gasteiger partial charge in [-0.2, -0.15) is 0 Å². The maximum atomic E-state index is 10.9. The first-order valence-corrected chi connectivity index (χ1v) is 8.81. The summed E-state index contributed by atoms with van der Waals surface area (Å²) in [5.41, 5.74) is 5.31. The summed E-state index contributed by atoms with van der Waals surface area (Å²) >= 11 is 0. The predicted octanol–water partition coefficient (Wildman–Crippen LogP) is 6.31. The molecule has 0 fully saturated rings. The van der Waals surface area contributed by atoms with E-state index in [0.29, 0.717) is 5.56 Å². The Balaban J connectivity index is 1.97. The lowest BCUT2D eigenvalue weighted by molar-refractivity contribution is 0.112. The van der Waals surface area contributed by atoms with E-state index in [1.165, 1.54) is 18.4 Å². The molecular formula is C23H23NO. The van der Waals surface area contributed by atoms with Crippen molar-refractivity contribution < 1.29 is 4.79 Å². The second-order valence-corrected chi connectivity index (χ2v) is 6.15. The van der Waals surface area contributed by atoms with E-state index >= 15 is 0 Å². The number of carbonyl (C=O) groups is 1. The number of carbonyl (C=O) groups excluding carboxylic acids is 1. The Morgan fingerprint density at radius 2 is 1.32 bits per heavy atom. The van der Waals surface area contributed by atoms with Crippen LogP contribution in [0.2, 0.25) is 0 Å². The smallest absolute Gasteiger partial charge is 0.150 e. The van der Waals surface area contributed by atoms with Crippen molar-refractivity contribution in [2.75, 3.05) is 4.90 Å². The minimum absolute atomic E-state index is 0.687.